The summed E-state index contributed by atoms with van der Waals surface area (Å²) in [7, 11) is -3.44. The lowest BCUT2D eigenvalue weighted by atomic mass is 10.1. The molecule has 0 N–H and O–H groups in total. The van der Waals surface area contributed by atoms with Gasteiger partial charge in [-0.25, -0.2) is 0 Å². The molecule has 2 radical (unpaired) electrons. The lowest BCUT2D eigenvalue weighted by Gasteiger charge is -2.06. The maximum absolute atomic E-state index is 11.8. The molecule has 0 aromatic heterocycles. The number of unbranched alkanes of at least 4 members (excludes halogenated alkanes) is 9. The number of hydrogen-bond acceptors (Lipinski definition) is 3. The Morgan fingerprint density at radius 2 is 1.29 bits per heavy atom. The summed E-state index contributed by atoms with van der Waals surface area (Å²) in [4.78, 5) is 0. The van der Waals surface area contributed by atoms with E-state index in [-0.39, 0.29) is 28.8 Å². The summed E-state index contributed by atoms with van der Waals surface area (Å²) >= 11 is 0. The summed E-state index contributed by atoms with van der Waals surface area (Å²) in [6.07, 6.45) is 12.3. The Morgan fingerprint density at radius 3 is 1.83 bits per heavy atom. The maximum Gasteiger partial charge on any atom is 0.271 e. The normalized spacial score (nSPS) is 11.2. The third-order valence-electron chi connectivity index (χ3n) is 3.95. The highest BCUT2D eigenvalue weighted by molar-refractivity contribution is 7.85. The average Bonchev–Trinajstić information content (AvgIpc) is 2.53. The van der Waals surface area contributed by atoms with Gasteiger partial charge in [-0.15, -0.1) is 0 Å². The SMILES string of the molecule is CCCCCCCCCCCCOS(=O)(=O)Cc1ccccc1.[Mg]. The predicted molar refractivity (Wildman–Crippen MR) is 103 cm³/mol. The van der Waals surface area contributed by atoms with Crippen molar-refractivity contribution in [2.75, 3.05) is 6.61 Å². The molecular formula is C19H32MgO3S. The Labute approximate surface area is 164 Å². The Morgan fingerprint density at radius 1 is 0.792 bits per heavy atom. The van der Waals surface area contributed by atoms with Crippen LogP contribution in [-0.4, -0.2) is 38.1 Å². The molecular weight excluding hydrogens is 333 g/mol. The zero-order valence-electron chi connectivity index (χ0n) is 15.2. The second-order valence-electron chi connectivity index (χ2n) is 6.19. The first-order chi connectivity index (χ1) is 11.1. The first-order valence-corrected chi connectivity index (χ1v) is 10.6. The molecule has 1 aromatic rings. The minimum Gasteiger partial charge on any atom is -0.270 e. The molecule has 0 aliphatic carbocycles. The van der Waals surface area contributed by atoms with Crippen molar-refractivity contribution in [3.05, 3.63) is 35.9 Å². The molecule has 0 saturated heterocycles. The van der Waals surface area contributed by atoms with E-state index in [1.165, 1.54) is 51.4 Å². The first kappa shape index (κ1) is 23.9. The highest BCUT2D eigenvalue weighted by atomic mass is 32.2. The fourth-order valence-corrected chi connectivity index (χ4v) is 3.65. The van der Waals surface area contributed by atoms with Crippen molar-refractivity contribution in [1.29, 1.82) is 0 Å². The van der Waals surface area contributed by atoms with Gasteiger partial charge in [0.05, 0.1) is 6.61 Å². The van der Waals surface area contributed by atoms with E-state index in [1.54, 1.807) is 12.1 Å². The van der Waals surface area contributed by atoms with Crippen molar-refractivity contribution < 1.29 is 12.6 Å². The molecule has 1 rings (SSSR count). The molecule has 134 valence electrons. The third-order valence-corrected chi connectivity index (χ3v) is 5.16. The summed E-state index contributed by atoms with van der Waals surface area (Å²) < 4.78 is 28.8. The lowest BCUT2D eigenvalue weighted by molar-refractivity contribution is 0.305. The van der Waals surface area contributed by atoms with Crippen molar-refractivity contribution >= 4 is 33.2 Å². The van der Waals surface area contributed by atoms with Crippen LogP contribution in [0, 0.1) is 0 Å². The summed E-state index contributed by atoms with van der Waals surface area (Å²) in [5, 5.41) is 0. The van der Waals surface area contributed by atoms with Crippen LogP contribution in [0.4, 0.5) is 0 Å². The van der Waals surface area contributed by atoms with Gasteiger partial charge in [0.15, 0.2) is 0 Å². The van der Waals surface area contributed by atoms with Gasteiger partial charge in [-0.3, -0.25) is 4.18 Å². The molecule has 0 heterocycles. The standard InChI is InChI=1S/C19H32O3S.Mg/c1-2-3-4-5-6-7-8-9-10-14-17-22-23(20,21)18-19-15-12-11-13-16-19;/h11-13,15-16H,2-10,14,17-18H2,1H3;. The van der Waals surface area contributed by atoms with Crippen LogP contribution < -0.4 is 0 Å². The van der Waals surface area contributed by atoms with Gasteiger partial charge in [0.1, 0.15) is 5.75 Å². The van der Waals surface area contributed by atoms with Gasteiger partial charge in [-0.05, 0) is 12.0 Å². The third kappa shape index (κ3) is 13.2. The van der Waals surface area contributed by atoms with E-state index in [2.05, 4.69) is 6.92 Å². The van der Waals surface area contributed by atoms with Crippen molar-refractivity contribution in [3.63, 3.8) is 0 Å². The first-order valence-electron chi connectivity index (χ1n) is 9.05. The smallest absolute Gasteiger partial charge is 0.270 e. The van der Waals surface area contributed by atoms with E-state index < -0.39 is 10.1 Å². The molecule has 0 aliphatic rings. The fourth-order valence-electron chi connectivity index (χ4n) is 2.60. The molecule has 5 heteroatoms. The second-order valence-corrected chi connectivity index (χ2v) is 7.83. The van der Waals surface area contributed by atoms with Crippen molar-refractivity contribution in [3.8, 4) is 0 Å². The number of benzene rings is 1. The minimum absolute atomic E-state index is 0. The Balaban J connectivity index is 0.00000529. The molecule has 24 heavy (non-hydrogen) atoms. The van der Waals surface area contributed by atoms with E-state index in [0.29, 0.717) is 6.61 Å². The Hall–Kier alpha value is -0.104. The fraction of sp³-hybridized carbons (Fsp3) is 0.684. The molecule has 0 aliphatic heterocycles. The summed E-state index contributed by atoms with van der Waals surface area (Å²) in [5.41, 5.74) is 0.774. The molecule has 1 aromatic carbocycles. The molecule has 0 spiro atoms. The van der Waals surface area contributed by atoms with Crippen LogP contribution in [0.2, 0.25) is 0 Å². The van der Waals surface area contributed by atoms with E-state index in [0.717, 1.165) is 18.4 Å². The Kier molecular flexibility index (Phi) is 15.1. The predicted octanol–water partition coefficient (Wildman–Crippen LogP) is 5.07. The zero-order chi connectivity index (χ0) is 16.8. The van der Waals surface area contributed by atoms with E-state index in [9.17, 15) is 8.42 Å². The van der Waals surface area contributed by atoms with E-state index in [4.69, 9.17) is 4.18 Å². The molecule has 3 nitrogen and oxygen atoms in total. The zero-order valence-corrected chi connectivity index (χ0v) is 17.4. The van der Waals surface area contributed by atoms with Crippen molar-refractivity contribution in [1.82, 2.24) is 0 Å². The molecule has 0 fully saturated rings. The molecule has 0 atom stereocenters. The summed E-state index contributed by atoms with van der Waals surface area (Å²) in [5.74, 6) is -0.0361. The highest BCUT2D eigenvalue weighted by Crippen LogP contribution is 2.12. The van der Waals surface area contributed by atoms with E-state index >= 15 is 0 Å². The van der Waals surface area contributed by atoms with Crippen molar-refractivity contribution in [2.24, 2.45) is 0 Å². The van der Waals surface area contributed by atoms with Crippen LogP contribution in [0.25, 0.3) is 0 Å². The van der Waals surface area contributed by atoms with Gasteiger partial charge >= 0.3 is 0 Å². The second kappa shape index (κ2) is 15.2. The topological polar surface area (TPSA) is 43.4 Å². The lowest BCUT2D eigenvalue weighted by Crippen LogP contribution is -2.09. The van der Waals surface area contributed by atoms with Crippen LogP contribution in [0.1, 0.15) is 76.7 Å². The highest BCUT2D eigenvalue weighted by Gasteiger charge is 2.11. The van der Waals surface area contributed by atoms with Gasteiger partial charge in [-0.2, -0.15) is 8.42 Å². The molecule has 0 amide bonds. The van der Waals surface area contributed by atoms with Crippen LogP contribution in [0.5, 0.6) is 0 Å². The van der Waals surface area contributed by atoms with Gasteiger partial charge in [0.2, 0.25) is 0 Å². The van der Waals surface area contributed by atoms with Gasteiger partial charge in [0, 0.05) is 23.1 Å². The monoisotopic (exact) mass is 364 g/mol. The molecule has 0 unspecified atom stereocenters. The number of hydrogen-bond donors (Lipinski definition) is 0. The number of rotatable bonds is 14. The van der Waals surface area contributed by atoms with Gasteiger partial charge in [0.25, 0.3) is 10.1 Å². The maximum atomic E-state index is 11.8. The van der Waals surface area contributed by atoms with Crippen LogP contribution in [0.3, 0.4) is 0 Å². The molecule has 0 saturated carbocycles. The van der Waals surface area contributed by atoms with Crippen molar-refractivity contribution in [2.45, 2.75) is 76.9 Å². The summed E-state index contributed by atoms with van der Waals surface area (Å²) in [6, 6.07) is 9.17. The minimum atomic E-state index is -3.44. The molecule has 0 bridgehead atoms. The average molecular weight is 365 g/mol. The van der Waals surface area contributed by atoms with Crippen LogP contribution in [0.15, 0.2) is 30.3 Å². The van der Waals surface area contributed by atoms with Crippen LogP contribution >= 0.6 is 0 Å². The largest absolute Gasteiger partial charge is 0.271 e. The quantitative estimate of drug-likeness (QED) is 0.263. The van der Waals surface area contributed by atoms with Crippen LogP contribution in [-0.2, 0) is 20.1 Å². The summed E-state index contributed by atoms with van der Waals surface area (Å²) in [6.45, 7) is 2.55. The van der Waals surface area contributed by atoms with Gasteiger partial charge in [-0.1, -0.05) is 95.0 Å². The van der Waals surface area contributed by atoms with E-state index in [1.807, 2.05) is 18.2 Å². The Bertz CT molecular complexity index is 489. The van der Waals surface area contributed by atoms with Gasteiger partial charge < -0.3 is 0 Å².